The Hall–Kier alpha value is -5.39. The molecular weight excluding hydrogens is 574 g/mol. The summed E-state index contributed by atoms with van der Waals surface area (Å²) in [6.45, 7) is 1.09. The van der Waals surface area contributed by atoms with Crippen LogP contribution >= 0.6 is 11.3 Å². The average Bonchev–Trinajstić information content (AvgIpc) is 3.64. The third kappa shape index (κ3) is 5.78. The summed E-state index contributed by atoms with van der Waals surface area (Å²) in [5.41, 5.74) is 6.27. The fourth-order valence-corrected chi connectivity index (χ4v) is 5.90. The molecular formula is C33H27N7O3S. The van der Waals surface area contributed by atoms with E-state index >= 15 is 0 Å². The lowest BCUT2D eigenvalue weighted by molar-refractivity contribution is -0.125. The Bertz CT molecular complexity index is 1970. The number of aromatic nitrogens is 4. The van der Waals surface area contributed by atoms with Crippen molar-refractivity contribution < 1.29 is 14.3 Å². The van der Waals surface area contributed by atoms with Crippen LogP contribution in [0.1, 0.15) is 5.56 Å². The third-order valence-corrected chi connectivity index (χ3v) is 7.94. The van der Waals surface area contributed by atoms with Crippen LogP contribution in [0.3, 0.4) is 0 Å². The zero-order valence-corrected chi connectivity index (χ0v) is 24.3. The van der Waals surface area contributed by atoms with Gasteiger partial charge >= 0.3 is 0 Å². The van der Waals surface area contributed by atoms with Gasteiger partial charge in [0.2, 0.25) is 11.9 Å². The van der Waals surface area contributed by atoms with E-state index in [1.165, 1.54) is 11.3 Å². The largest absolute Gasteiger partial charge is 0.370 e. The smallest absolute Gasteiger partial charge is 0.253 e. The minimum absolute atomic E-state index is 0.0699. The normalized spacial score (nSPS) is 13.3. The van der Waals surface area contributed by atoms with Crippen LogP contribution in [-0.2, 0) is 20.7 Å². The number of nitrogens with zero attached hydrogens (tertiary/aromatic N) is 5. The van der Waals surface area contributed by atoms with Crippen molar-refractivity contribution in [2.45, 2.75) is 6.42 Å². The van der Waals surface area contributed by atoms with Gasteiger partial charge in [0, 0.05) is 46.9 Å². The van der Waals surface area contributed by atoms with E-state index in [2.05, 4.69) is 15.6 Å². The average molecular weight is 602 g/mol. The van der Waals surface area contributed by atoms with Gasteiger partial charge in [-0.25, -0.2) is 15.0 Å². The number of fused-ring (bicyclic) bond motifs is 1. The van der Waals surface area contributed by atoms with Gasteiger partial charge in [0.05, 0.1) is 24.4 Å². The van der Waals surface area contributed by atoms with Gasteiger partial charge in [0.15, 0.2) is 4.96 Å². The van der Waals surface area contributed by atoms with Crippen molar-refractivity contribution in [2.75, 3.05) is 35.3 Å². The van der Waals surface area contributed by atoms with E-state index in [0.29, 0.717) is 36.9 Å². The fraction of sp³-hybridized carbons (Fsp3) is 0.121. The number of amides is 2. The molecule has 0 aliphatic carbocycles. The van der Waals surface area contributed by atoms with Crippen LogP contribution in [0, 0.1) is 0 Å². The molecule has 0 saturated carbocycles. The molecule has 11 heteroatoms. The monoisotopic (exact) mass is 601 g/mol. The lowest BCUT2D eigenvalue weighted by Crippen LogP contribution is -2.41. The summed E-state index contributed by atoms with van der Waals surface area (Å²) >= 11 is 1.53. The summed E-state index contributed by atoms with van der Waals surface area (Å²) in [7, 11) is 0. The van der Waals surface area contributed by atoms with E-state index in [-0.39, 0.29) is 18.4 Å². The highest BCUT2D eigenvalue weighted by Crippen LogP contribution is 2.35. The molecule has 0 spiro atoms. The number of hydrogen-bond donors (Lipinski definition) is 2. The van der Waals surface area contributed by atoms with Crippen LogP contribution < -0.4 is 15.5 Å². The van der Waals surface area contributed by atoms with Crippen molar-refractivity contribution in [2.24, 2.45) is 0 Å². The van der Waals surface area contributed by atoms with E-state index < -0.39 is 0 Å². The van der Waals surface area contributed by atoms with Crippen LogP contribution in [0.2, 0.25) is 0 Å². The van der Waals surface area contributed by atoms with E-state index in [0.717, 1.165) is 38.9 Å². The number of rotatable bonds is 8. The summed E-state index contributed by atoms with van der Waals surface area (Å²) in [5.74, 6) is 0.249. The van der Waals surface area contributed by atoms with Crippen LogP contribution in [-0.4, -0.2) is 50.9 Å². The van der Waals surface area contributed by atoms with Crippen molar-refractivity contribution in [3.05, 3.63) is 108 Å². The maximum absolute atomic E-state index is 12.8. The maximum atomic E-state index is 12.8. The summed E-state index contributed by atoms with van der Waals surface area (Å²) < 4.78 is 7.28. The lowest BCUT2D eigenvalue weighted by atomic mass is 10.1. The first-order chi connectivity index (χ1) is 21.6. The highest BCUT2D eigenvalue weighted by molar-refractivity contribution is 7.15. The molecule has 218 valence electrons. The highest BCUT2D eigenvalue weighted by Gasteiger charge is 2.21. The topological polar surface area (TPSA) is 114 Å². The maximum Gasteiger partial charge on any atom is 0.253 e. The van der Waals surface area contributed by atoms with Gasteiger partial charge in [-0.05, 0) is 42.0 Å². The van der Waals surface area contributed by atoms with E-state index in [4.69, 9.17) is 14.7 Å². The first-order valence-corrected chi connectivity index (χ1v) is 15.0. The zero-order valence-electron chi connectivity index (χ0n) is 23.5. The number of nitrogens with one attached hydrogen (secondary N) is 2. The van der Waals surface area contributed by atoms with Crippen LogP contribution in [0.15, 0.2) is 103 Å². The molecule has 0 radical (unpaired) electrons. The minimum atomic E-state index is -0.0898. The number of ether oxygens (including phenoxy) is 1. The second-order valence-electron chi connectivity index (χ2n) is 10.2. The number of hydrogen-bond acceptors (Lipinski definition) is 8. The fourth-order valence-electron chi connectivity index (χ4n) is 5.18. The Kier molecular flexibility index (Phi) is 7.53. The number of imidazole rings is 1. The summed E-state index contributed by atoms with van der Waals surface area (Å²) in [5, 5.41) is 8.28. The standard InChI is InChI=1S/C33H27N7O3S/c41-28(18-22-6-2-1-3-7-22)35-24-9-4-8-23(19-24)30-31(40-15-17-44-33(40)38-30)27-12-13-34-32(37-27)36-25-10-5-11-26(20-25)39-14-16-43-21-29(39)42/h1-13,15,17,19-20H,14,16,18,21H2,(H,35,41)(H,34,36,37). The van der Waals surface area contributed by atoms with Crippen molar-refractivity contribution in [1.29, 1.82) is 0 Å². The molecule has 3 aromatic carbocycles. The van der Waals surface area contributed by atoms with Crippen LogP contribution in [0.5, 0.6) is 0 Å². The van der Waals surface area contributed by atoms with Crippen LogP contribution in [0.25, 0.3) is 27.6 Å². The number of thiazole rings is 1. The number of benzene rings is 3. The predicted molar refractivity (Wildman–Crippen MR) is 171 cm³/mol. The number of morpholine rings is 1. The Labute approximate surface area is 257 Å². The molecule has 10 nitrogen and oxygen atoms in total. The van der Waals surface area contributed by atoms with Crippen molar-refractivity contribution >= 4 is 51.1 Å². The first kappa shape index (κ1) is 27.4. The Balaban J connectivity index is 1.17. The number of anilines is 4. The molecule has 7 rings (SSSR count). The van der Waals surface area contributed by atoms with Gasteiger partial charge in [-0.1, -0.05) is 48.5 Å². The van der Waals surface area contributed by atoms with Gasteiger partial charge in [-0.2, -0.15) is 0 Å². The third-order valence-electron chi connectivity index (χ3n) is 7.19. The zero-order chi connectivity index (χ0) is 29.9. The predicted octanol–water partition coefficient (Wildman–Crippen LogP) is 5.81. The molecule has 1 fully saturated rings. The summed E-state index contributed by atoms with van der Waals surface area (Å²) in [4.78, 5) is 41.9. The molecule has 6 aromatic rings. The molecule has 0 atom stereocenters. The molecule has 2 amide bonds. The Morgan fingerprint density at radius 2 is 1.82 bits per heavy atom. The second kappa shape index (κ2) is 12.1. The summed E-state index contributed by atoms with van der Waals surface area (Å²) in [6, 6.07) is 26.8. The summed E-state index contributed by atoms with van der Waals surface area (Å²) in [6.07, 6.45) is 3.96. The van der Waals surface area contributed by atoms with Gasteiger partial charge in [0.1, 0.15) is 12.3 Å². The lowest BCUT2D eigenvalue weighted by Gasteiger charge is -2.27. The number of carbonyl (C=O) groups excluding carboxylic acids is 2. The van der Waals surface area contributed by atoms with E-state index in [9.17, 15) is 9.59 Å². The quantitative estimate of drug-likeness (QED) is 0.226. The molecule has 4 heterocycles. The van der Waals surface area contributed by atoms with Crippen molar-refractivity contribution in [3.8, 4) is 22.6 Å². The van der Waals surface area contributed by atoms with Gasteiger partial charge in [-0.15, -0.1) is 11.3 Å². The molecule has 0 bridgehead atoms. The molecule has 44 heavy (non-hydrogen) atoms. The molecule has 1 saturated heterocycles. The van der Waals surface area contributed by atoms with Gasteiger partial charge in [0.25, 0.3) is 5.91 Å². The SMILES string of the molecule is O=C(Cc1ccccc1)Nc1cccc(-c2nc3sccn3c2-c2ccnc(Nc3cccc(N4CCOCC4=O)c3)n2)c1. The Morgan fingerprint density at radius 1 is 0.955 bits per heavy atom. The molecule has 1 aliphatic heterocycles. The van der Waals surface area contributed by atoms with Crippen LogP contribution in [0.4, 0.5) is 23.0 Å². The second-order valence-corrected chi connectivity index (χ2v) is 11.1. The molecule has 0 unspecified atom stereocenters. The highest BCUT2D eigenvalue weighted by atomic mass is 32.1. The molecule has 2 N–H and O–H groups in total. The Morgan fingerprint density at radius 3 is 2.70 bits per heavy atom. The van der Waals surface area contributed by atoms with Crippen molar-refractivity contribution in [3.63, 3.8) is 0 Å². The minimum Gasteiger partial charge on any atom is -0.370 e. The van der Waals surface area contributed by atoms with Gasteiger partial charge < -0.3 is 20.3 Å². The van der Waals surface area contributed by atoms with E-state index in [1.54, 1.807) is 11.1 Å². The van der Waals surface area contributed by atoms with Crippen molar-refractivity contribution in [1.82, 2.24) is 19.4 Å². The first-order valence-electron chi connectivity index (χ1n) is 14.1. The molecule has 3 aromatic heterocycles. The van der Waals surface area contributed by atoms with E-state index in [1.807, 2.05) is 101 Å². The van der Waals surface area contributed by atoms with Gasteiger partial charge in [-0.3, -0.25) is 14.0 Å². The number of carbonyl (C=O) groups is 2. The molecule has 1 aliphatic rings.